The van der Waals surface area contributed by atoms with Gasteiger partial charge in [0.25, 0.3) is 5.91 Å². The molecular formula is C15H25N3O. The molecule has 1 aromatic heterocycles. The molecule has 0 radical (unpaired) electrons. The predicted octanol–water partition coefficient (Wildman–Crippen LogP) is 3.07. The van der Waals surface area contributed by atoms with Gasteiger partial charge in [0.05, 0.1) is 11.9 Å². The van der Waals surface area contributed by atoms with Crippen molar-refractivity contribution in [3.05, 3.63) is 24.0 Å². The highest BCUT2D eigenvalue weighted by Gasteiger charge is 2.15. The minimum atomic E-state index is -0.243. The van der Waals surface area contributed by atoms with Crippen LogP contribution in [-0.2, 0) is 0 Å². The second-order valence-corrected chi connectivity index (χ2v) is 6.25. The molecule has 4 heteroatoms. The first-order chi connectivity index (χ1) is 8.78. The Hall–Kier alpha value is -1.58. The highest BCUT2D eigenvalue weighted by atomic mass is 16.2. The van der Waals surface area contributed by atoms with Gasteiger partial charge in [0, 0.05) is 12.1 Å². The summed E-state index contributed by atoms with van der Waals surface area (Å²) in [6.45, 7) is 11.2. The van der Waals surface area contributed by atoms with Crippen LogP contribution in [-0.4, -0.2) is 23.0 Å². The third-order valence-electron chi connectivity index (χ3n) is 2.54. The van der Waals surface area contributed by atoms with Gasteiger partial charge in [0.2, 0.25) is 0 Å². The molecule has 1 heterocycles. The molecule has 2 N–H and O–H groups in total. The standard InChI is InChI=1S/C15H25N3O/c1-11(2)8-9-16-12-6-7-13(17-10-12)14(19)18-15(3,4)5/h6-7,10-11,16H,8-9H2,1-5H3,(H,18,19). The summed E-state index contributed by atoms with van der Waals surface area (Å²) in [6.07, 6.45) is 2.82. The number of hydrogen-bond acceptors (Lipinski definition) is 3. The predicted molar refractivity (Wildman–Crippen MR) is 79.4 cm³/mol. The first-order valence-corrected chi connectivity index (χ1v) is 6.80. The first kappa shape index (κ1) is 15.5. The lowest BCUT2D eigenvalue weighted by molar-refractivity contribution is 0.0914. The maximum absolute atomic E-state index is 11.9. The van der Waals surface area contributed by atoms with Gasteiger partial charge in [-0.25, -0.2) is 4.98 Å². The highest BCUT2D eigenvalue weighted by Crippen LogP contribution is 2.09. The van der Waals surface area contributed by atoms with Crippen molar-refractivity contribution in [3.8, 4) is 0 Å². The highest BCUT2D eigenvalue weighted by molar-refractivity contribution is 5.92. The molecule has 0 aromatic carbocycles. The summed E-state index contributed by atoms with van der Waals surface area (Å²) in [4.78, 5) is 16.1. The van der Waals surface area contributed by atoms with E-state index in [9.17, 15) is 4.79 Å². The van der Waals surface area contributed by atoms with Gasteiger partial charge < -0.3 is 10.6 Å². The lowest BCUT2D eigenvalue weighted by Crippen LogP contribution is -2.40. The molecule has 0 saturated heterocycles. The van der Waals surface area contributed by atoms with E-state index >= 15 is 0 Å². The van der Waals surface area contributed by atoms with E-state index in [0.29, 0.717) is 11.6 Å². The molecule has 19 heavy (non-hydrogen) atoms. The second kappa shape index (κ2) is 6.55. The molecule has 106 valence electrons. The molecule has 4 nitrogen and oxygen atoms in total. The van der Waals surface area contributed by atoms with Gasteiger partial charge in [0.1, 0.15) is 5.69 Å². The van der Waals surface area contributed by atoms with Crippen molar-refractivity contribution in [2.75, 3.05) is 11.9 Å². The molecule has 1 amide bonds. The van der Waals surface area contributed by atoms with Crippen molar-refractivity contribution in [3.63, 3.8) is 0 Å². The van der Waals surface area contributed by atoms with Gasteiger partial charge in [-0.1, -0.05) is 13.8 Å². The fourth-order valence-electron chi connectivity index (χ4n) is 1.54. The molecular weight excluding hydrogens is 238 g/mol. The Kier molecular flexibility index (Phi) is 5.33. The molecule has 1 rings (SSSR count). The van der Waals surface area contributed by atoms with E-state index in [2.05, 4.69) is 29.5 Å². The molecule has 0 fully saturated rings. The number of hydrogen-bond donors (Lipinski definition) is 2. The zero-order valence-corrected chi connectivity index (χ0v) is 12.6. The lowest BCUT2D eigenvalue weighted by atomic mass is 10.1. The van der Waals surface area contributed by atoms with Gasteiger partial charge in [0.15, 0.2) is 0 Å². The van der Waals surface area contributed by atoms with Crippen LogP contribution in [0.4, 0.5) is 5.69 Å². The number of rotatable bonds is 5. The third kappa shape index (κ3) is 6.22. The summed E-state index contributed by atoms with van der Waals surface area (Å²) in [5, 5.41) is 6.19. The number of amides is 1. The van der Waals surface area contributed by atoms with Gasteiger partial charge in [-0.2, -0.15) is 0 Å². The fraction of sp³-hybridized carbons (Fsp3) is 0.600. The smallest absolute Gasteiger partial charge is 0.270 e. The van der Waals surface area contributed by atoms with Crippen molar-refractivity contribution in [1.82, 2.24) is 10.3 Å². The van der Waals surface area contributed by atoms with E-state index in [0.717, 1.165) is 18.7 Å². The molecule has 0 aliphatic heterocycles. The molecule has 0 saturated carbocycles. The van der Waals surface area contributed by atoms with E-state index in [1.54, 1.807) is 12.3 Å². The van der Waals surface area contributed by atoms with Crippen LogP contribution in [0.2, 0.25) is 0 Å². The number of nitrogens with zero attached hydrogens (tertiary/aromatic N) is 1. The van der Waals surface area contributed by atoms with Crippen molar-refractivity contribution in [2.24, 2.45) is 5.92 Å². The first-order valence-electron chi connectivity index (χ1n) is 6.80. The Balaban J connectivity index is 2.54. The van der Waals surface area contributed by atoms with Crippen molar-refractivity contribution in [2.45, 2.75) is 46.6 Å². The molecule has 1 aromatic rings. The number of pyridine rings is 1. The fourth-order valence-corrected chi connectivity index (χ4v) is 1.54. The average molecular weight is 263 g/mol. The van der Waals surface area contributed by atoms with Crippen LogP contribution in [0.5, 0.6) is 0 Å². The summed E-state index contributed by atoms with van der Waals surface area (Å²) >= 11 is 0. The van der Waals surface area contributed by atoms with Crippen molar-refractivity contribution >= 4 is 11.6 Å². The largest absolute Gasteiger partial charge is 0.384 e. The summed E-state index contributed by atoms with van der Waals surface area (Å²) in [7, 11) is 0. The van der Waals surface area contributed by atoms with Crippen LogP contribution in [0.15, 0.2) is 18.3 Å². The Labute approximate surface area is 116 Å². The molecule has 0 atom stereocenters. The van der Waals surface area contributed by atoms with Crippen LogP contribution >= 0.6 is 0 Å². The van der Waals surface area contributed by atoms with E-state index < -0.39 is 0 Å². The third-order valence-corrected chi connectivity index (χ3v) is 2.54. The van der Waals surface area contributed by atoms with Gasteiger partial charge >= 0.3 is 0 Å². The number of anilines is 1. The van der Waals surface area contributed by atoms with Crippen molar-refractivity contribution in [1.29, 1.82) is 0 Å². The number of carbonyl (C=O) groups excluding carboxylic acids is 1. The lowest BCUT2D eigenvalue weighted by Gasteiger charge is -2.20. The zero-order chi connectivity index (χ0) is 14.5. The minimum Gasteiger partial charge on any atom is -0.384 e. The Morgan fingerprint density at radius 1 is 1.32 bits per heavy atom. The summed E-state index contributed by atoms with van der Waals surface area (Å²) in [5.74, 6) is 0.540. The van der Waals surface area contributed by atoms with E-state index in [4.69, 9.17) is 0 Å². The second-order valence-electron chi connectivity index (χ2n) is 6.25. The van der Waals surface area contributed by atoms with Crippen LogP contribution in [0.25, 0.3) is 0 Å². The minimum absolute atomic E-state index is 0.138. The van der Waals surface area contributed by atoms with Crippen LogP contribution in [0, 0.1) is 5.92 Å². The van der Waals surface area contributed by atoms with Gasteiger partial charge in [-0.15, -0.1) is 0 Å². The zero-order valence-electron chi connectivity index (χ0n) is 12.6. The summed E-state index contributed by atoms with van der Waals surface area (Å²) in [5.41, 5.74) is 1.16. The molecule has 0 aliphatic rings. The van der Waals surface area contributed by atoms with E-state index in [-0.39, 0.29) is 11.4 Å². The quantitative estimate of drug-likeness (QED) is 0.858. The van der Waals surface area contributed by atoms with Gasteiger partial charge in [-0.05, 0) is 45.2 Å². The Bertz CT molecular complexity index is 404. The summed E-state index contributed by atoms with van der Waals surface area (Å²) < 4.78 is 0. The average Bonchev–Trinajstić information content (AvgIpc) is 2.27. The van der Waals surface area contributed by atoms with Crippen LogP contribution in [0.3, 0.4) is 0 Å². The maximum Gasteiger partial charge on any atom is 0.270 e. The van der Waals surface area contributed by atoms with E-state index in [1.165, 1.54) is 0 Å². The van der Waals surface area contributed by atoms with Crippen LogP contribution < -0.4 is 10.6 Å². The SMILES string of the molecule is CC(C)CCNc1ccc(C(=O)NC(C)(C)C)nc1. The maximum atomic E-state index is 11.9. The molecule has 0 aliphatic carbocycles. The Morgan fingerprint density at radius 2 is 2.00 bits per heavy atom. The summed E-state index contributed by atoms with van der Waals surface area (Å²) in [6, 6.07) is 3.64. The molecule has 0 spiro atoms. The monoisotopic (exact) mass is 263 g/mol. The van der Waals surface area contributed by atoms with Gasteiger partial charge in [-0.3, -0.25) is 4.79 Å². The van der Waals surface area contributed by atoms with Crippen LogP contribution in [0.1, 0.15) is 51.5 Å². The normalized spacial score (nSPS) is 11.5. The number of carbonyl (C=O) groups is 1. The van der Waals surface area contributed by atoms with E-state index in [1.807, 2.05) is 26.8 Å². The number of nitrogens with one attached hydrogen (secondary N) is 2. The van der Waals surface area contributed by atoms with Crippen molar-refractivity contribution < 1.29 is 4.79 Å². The molecule has 0 bridgehead atoms. The Morgan fingerprint density at radius 3 is 2.47 bits per heavy atom. The molecule has 0 unspecified atom stereocenters. The topological polar surface area (TPSA) is 54.0 Å². The number of aromatic nitrogens is 1.